The molecule has 0 saturated carbocycles. The van der Waals surface area contributed by atoms with Gasteiger partial charge in [0.2, 0.25) is 11.6 Å². The number of carbonyl (C=O) groups excluding carboxylic acids is 2. The number of hydrogen-bond donors (Lipinski definition) is 2. The molecule has 1 aliphatic rings. The minimum absolute atomic E-state index is 0.212. The smallest absolute Gasteiger partial charge is 0.359 e. The molecule has 1 unspecified atom stereocenters. The van der Waals surface area contributed by atoms with E-state index >= 15 is 0 Å². The van der Waals surface area contributed by atoms with Crippen LogP contribution in [0.15, 0.2) is 0 Å². The summed E-state index contributed by atoms with van der Waals surface area (Å²) in [6, 6.07) is 0. The summed E-state index contributed by atoms with van der Waals surface area (Å²) in [5.74, 6) is -1.15. The van der Waals surface area contributed by atoms with Crippen LogP contribution < -0.4 is 5.73 Å². The molecule has 3 N–H and O–H groups in total. The van der Waals surface area contributed by atoms with Gasteiger partial charge < -0.3 is 20.5 Å². The van der Waals surface area contributed by atoms with E-state index in [2.05, 4.69) is 0 Å². The van der Waals surface area contributed by atoms with Crippen LogP contribution in [0.1, 0.15) is 45.4 Å². The third kappa shape index (κ3) is 3.91. The molecule has 1 atom stereocenters. The molecule has 1 fully saturated rings. The first-order chi connectivity index (χ1) is 9.06. The minimum atomic E-state index is -1.85. The summed E-state index contributed by atoms with van der Waals surface area (Å²) in [6.45, 7) is 2.45. The van der Waals surface area contributed by atoms with E-state index in [9.17, 15) is 14.7 Å². The average molecular weight is 272 g/mol. The van der Waals surface area contributed by atoms with Crippen molar-refractivity contribution in [2.24, 2.45) is 5.73 Å². The normalized spacial score (nSPS) is 23.6. The summed E-state index contributed by atoms with van der Waals surface area (Å²) in [4.78, 5) is 25.0. The van der Waals surface area contributed by atoms with Crippen LogP contribution in [-0.4, -0.2) is 47.3 Å². The van der Waals surface area contributed by atoms with E-state index < -0.39 is 17.6 Å². The molecule has 6 nitrogen and oxygen atoms in total. The maximum atomic E-state index is 11.9. The Morgan fingerprint density at radius 2 is 2.21 bits per heavy atom. The zero-order chi connectivity index (χ0) is 14.3. The van der Waals surface area contributed by atoms with Gasteiger partial charge in [-0.3, -0.25) is 4.79 Å². The fourth-order valence-corrected chi connectivity index (χ4v) is 2.25. The van der Waals surface area contributed by atoms with Crippen molar-refractivity contribution in [3.63, 3.8) is 0 Å². The Morgan fingerprint density at radius 3 is 2.84 bits per heavy atom. The lowest BCUT2D eigenvalue weighted by atomic mass is 10.0. The minimum Gasteiger partial charge on any atom is -0.462 e. The zero-order valence-corrected chi connectivity index (χ0v) is 11.6. The van der Waals surface area contributed by atoms with Crippen molar-refractivity contribution < 1.29 is 19.4 Å². The maximum Gasteiger partial charge on any atom is 0.359 e. The number of aliphatic hydroxyl groups is 1. The average Bonchev–Trinajstić information content (AvgIpc) is 2.57. The van der Waals surface area contributed by atoms with Crippen molar-refractivity contribution in [3.8, 4) is 0 Å². The van der Waals surface area contributed by atoms with Crippen LogP contribution in [-0.2, 0) is 14.3 Å². The number of nitrogens with zero attached hydrogens (tertiary/aromatic N) is 1. The Bertz CT molecular complexity index is 322. The molecule has 6 heteroatoms. The van der Waals surface area contributed by atoms with E-state index in [1.54, 1.807) is 0 Å². The topological polar surface area (TPSA) is 92.9 Å². The summed E-state index contributed by atoms with van der Waals surface area (Å²) in [5, 5.41) is 10.6. The third-order valence-corrected chi connectivity index (χ3v) is 3.39. The number of unbranched alkanes of at least 4 members (excludes halogenated alkanes) is 2. The fraction of sp³-hybridized carbons (Fsp3) is 0.846. The van der Waals surface area contributed by atoms with E-state index in [1.807, 2.05) is 6.92 Å². The highest BCUT2D eigenvalue weighted by atomic mass is 16.6. The van der Waals surface area contributed by atoms with Crippen LogP contribution in [0.3, 0.4) is 0 Å². The molecule has 0 bridgehead atoms. The summed E-state index contributed by atoms with van der Waals surface area (Å²) in [7, 11) is 0. The first-order valence-electron chi connectivity index (χ1n) is 6.96. The van der Waals surface area contributed by atoms with Gasteiger partial charge in [0.1, 0.15) is 0 Å². The number of ether oxygens (including phenoxy) is 1. The third-order valence-electron chi connectivity index (χ3n) is 3.39. The molecule has 0 aliphatic carbocycles. The van der Waals surface area contributed by atoms with E-state index in [1.165, 1.54) is 4.90 Å². The molecular formula is C13H24N2O4. The van der Waals surface area contributed by atoms with Gasteiger partial charge in [-0.25, -0.2) is 4.79 Å². The first-order valence-corrected chi connectivity index (χ1v) is 6.96. The second-order valence-corrected chi connectivity index (χ2v) is 4.87. The number of hydrogen-bond acceptors (Lipinski definition) is 5. The van der Waals surface area contributed by atoms with Crippen LogP contribution >= 0.6 is 0 Å². The van der Waals surface area contributed by atoms with Crippen LogP contribution in [0.2, 0.25) is 0 Å². The van der Waals surface area contributed by atoms with Gasteiger partial charge in [0, 0.05) is 13.0 Å². The number of rotatable bonds is 6. The first kappa shape index (κ1) is 15.9. The molecule has 1 aliphatic heterocycles. The van der Waals surface area contributed by atoms with Gasteiger partial charge in [-0.1, -0.05) is 19.8 Å². The molecule has 0 aromatic heterocycles. The Balaban J connectivity index is 2.85. The highest BCUT2D eigenvalue weighted by Crippen LogP contribution is 2.25. The Morgan fingerprint density at radius 1 is 1.47 bits per heavy atom. The molecule has 110 valence electrons. The number of nitrogens with two attached hydrogens (primary N) is 1. The number of esters is 1. The summed E-state index contributed by atoms with van der Waals surface area (Å²) < 4.78 is 4.98. The van der Waals surface area contributed by atoms with Gasteiger partial charge in [-0.05, 0) is 19.3 Å². The zero-order valence-electron chi connectivity index (χ0n) is 11.6. The summed E-state index contributed by atoms with van der Waals surface area (Å²) in [6.07, 6.45) is 4.21. The molecular weight excluding hydrogens is 248 g/mol. The van der Waals surface area contributed by atoms with Gasteiger partial charge in [-0.15, -0.1) is 0 Å². The number of amides is 1. The second-order valence-electron chi connectivity index (χ2n) is 4.87. The Labute approximate surface area is 113 Å². The van der Waals surface area contributed by atoms with E-state index in [4.69, 9.17) is 10.5 Å². The van der Waals surface area contributed by atoms with Crippen molar-refractivity contribution in [2.75, 3.05) is 19.7 Å². The van der Waals surface area contributed by atoms with Gasteiger partial charge >= 0.3 is 5.97 Å². The molecule has 1 amide bonds. The Kier molecular flexibility index (Phi) is 6.24. The lowest BCUT2D eigenvalue weighted by Gasteiger charge is -2.36. The second kappa shape index (κ2) is 7.45. The molecule has 0 spiro atoms. The van der Waals surface area contributed by atoms with Gasteiger partial charge in [0.25, 0.3) is 0 Å². The predicted octanol–water partition coefficient (Wildman–Crippen LogP) is 0.380. The number of cyclic esters (lactones) is 1. The maximum absolute atomic E-state index is 11.9. The predicted molar refractivity (Wildman–Crippen MR) is 70.1 cm³/mol. The molecule has 0 aromatic carbocycles. The highest BCUT2D eigenvalue weighted by Gasteiger charge is 2.46. The quantitative estimate of drug-likeness (QED) is 0.414. The van der Waals surface area contributed by atoms with E-state index in [-0.39, 0.29) is 13.0 Å². The van der Waals surface area contributed by atoms with Crippen molar-refractivity contribution in [3.05, 3.63) is 0 Å². The standard InChI is InChI=1S/C13H24N2O4/c1-2-3-5-8-15(11(16)10-14)13(18)7-4-6-9-19-12(13)17/h18H,2-10,14H2,1H3. The molecule has 1 saturated heterocycles. The highest BCUT2D eigenvalue weighted by molar-refractivity contribution is 5.87. The monoisotopic (exact) mass is 272 g/mol. The van der Waals surface area contributed by atoms with Crippen molar-refractivity contribution in [1.82, 2.24) is 4.90 Å². The summed E-state index contributed by atoms with van der Waals surface area (Å²) >= 11 is 0. The van der Waals surface area contributed by atoms with Crippen LogP contribution in [0.4, 0.5) is 0 Å². The van der Waals surface area contributed by atoms with Crippen LogP contribution in [0.25, 0.3) is 0 Å². The lowest BCUT2D eigenvalue weighted by molar-refractivity contribution is -0.192. The van der Waals surface area contributed by atoms with E-state index in [0.717, 1.165) is 19.3 Å². The van der Waals surface area contributed by atoms with Crippen molar-refractivity contribution >= 4 is 11.9 Å². The molecule has 1 rings (SSSR count). The summed E-state index contributed by atoms with van der Waals surface area (Å²) in [5.41, 5.74) is 3.53. The van der Waals surface area contributed by atoms with Crippen molar-refractivity contribution in [2.45, 2.75) is 51.2 Å². The van der Waals surface area contributed by atoms with Gasteiger partial charge in [0.15, 0.2) is 0 Å². The van der Waals surface area contributed by atoms with E-state index in [0.29, 0.717) is 26.0 Å². The lowest BCUT2D eigenvalue weighted by Crippen LogP contribution is -2.59. The molecule has 19 heavy (non-hydrogen) atoms. The fourth-order valence-electron chi connectivity index (χ4n) is 2.25. The van der Waals surface area contributed by atoms with Crippen molar-refractivity contribution in [1.29, 1.82) is 0 Å². The molecule has 0 aromatic rings. The molecule has 0 radical (unpaired) electrons. The van der Waals surface area contributed by atoms with Crippen LogP contribution in [0, 0.1) is 0 Å². The largest absolute Gasteiger partial charge is 0.462 e. The molecule has 1 heterocycles. The Hall–Kier alpha value is -1.14. The number of carbonyl (C=O) groups is 2. The van der Waals surface area contributed by atoms with Gasteiger partial charge in [0.05, 0.1) is 13.2 Å². The van der Waals surface area contributed by atoms with Crippen LogP contribution in [0.5, 0.6) is 0 Å². The SMILES string of the molecule is CCCCCN(C(=O)CN)C1(O)CCCCOC1=O. The van der Waals surface area contributed by atoms with Gasteiger partial charge in [-0.2, -0.15) is 0 Å².